The minimum Gasteiger partial charge on any atom is -0.460 e. The van der Waals surface area contributed by atoms with Crippen molar-refractivity contribution in [1.82, 2.24) is 15.3 Å². The zero-order valence-corrected chi connectivity index (χ0v) is 36.1. The van der Waals surface area contributed by atoms with Crippen LogP contribution in [0.3, 0.4) is 0 Å². The number of aliphatic hydroxyl groups excluding tert-OH is 2. The second-order valence-electron chi connectivity index (χ2n) is 16.0. The number of thioether (sulfide) groups is 1. The molecule has 1 aromatic heterocycles. The lowest BCUT2D eigenvalue weighted by Crippen LogP contribution is -2.64. The van der Waals surface area contributed by atoms with E-state index < -0.39 is 22.7 Å². The third-order valence-corrected chi connectivity index (χ3v) is 13.3. The van der Waals surface area contributed by atoms with Crippen LogP contribution in [0.1, 0.15) is 73.2 Å². The molecule has 63 heavy (non-hydrogen) atoms. The van der Waals surface area contributed by atoms with E-state index in [0.717, 1.165) is 59.4 Å². The van der Waals surface area contributed by atoms with E-state index in [4.69, 9.17) is 24.2 Å². The van der Waals surface area contributed by atoms with Gasteiger partial charge in [0.15, 0.2) is 0 Å². The number of aryl methyl sites for hydroxylation is 1. The summed E-state index contributed by atoms with van der Waals surface area (Å²) in [5.74, 6) is -0.0194. The van der Waals surface area contributed by atoms with Gasteiger partial charge in [-0.2, -0.15) is 11.8 Å². The summed E-state index contributed by atoms with van der Waals surface area (Å²) in [4.78, 5) is 39.0. The SMILES string of the molecule is C=CCOC12Oc3ccc(OC(=O)NCc4ccccc4)cc3C3C(CCCCO)C(CCCCO)C=C(C(=NOCc4ccc([N+](=O)[O-])cc4)CC1SCCc1cnccn1)C32. The number of nitrogens with one attached hydrogen (secondary N) is 1. The maximum atomic E-state index is 13.2. The highest BCUT2D eigenvalue weighted by atomic mass is 32.2. The molecule has 3 N–H and O–H groups in total. The van der Waals surface area contributed by atoms with E-state index in [9.17, 15) is 25.1 Å². The number of nitrogens with zero attached hydrogens (tertiary/aromatic N) is 4. The van der Waals surface area contributed by atoms with E-state index in [-0.39, 0.29) is 55.1 Å². The number of non-ortho nitro benzene ring substituents is 1. The number of fused-ring (bicyclic) bond motifs is 2. The van der Waals surface area contributed by atoms with Gasteiger partial charge >= 0.3 is 6.09 Å². The fourth-order valence-electron chi connectivity index (χ4n) is 9.12. The van der Waals surface area contributed by atoms with Crippen LogP contribution in [-0.2, 0) is 29.1 Å². The van der Waals surface area contributed by atoms with E-state index in [0.29, 0.717) is 49.5 Å². The van der Waals surface area contributed by atoms with Crippen molar-refractivity contribution in [3.63, 3.8) is 0 Å². The molecule has 0 radical (unpaired) electrons. The third-order valence-electron chi connectivity index (χ3n) is 12.0. The molecule has 15 heteroatoms. The van der Waals surface area contributed by atoms with Gasteiger partial charge in [-0.1, -0.05) is 60.5 Å². The largest absolute Gasteiger partial charge is 0.460 e. The van der Waals surface area contributed by atoms with Crippen LogP contribution in [0.2, 0.25) is 0 Å². The summed E-state index contributed by atoms with van der Waals surface area (Å²) >= 11 is 1.72. The number of unbranched alkanes of at least 4 members (excludes halogenated alkanes) is 2. The molecular formula is C48H55N5O9S. The van der Waals surface area contributed by atoms with Crippen LogP contribution < -0.4 is 14.8 Å². The van der Waals surface area contributed by atoms with Gasteiger partial charge in [0.25, 0.3) is 5.69 Å². The zero-order valence-electron chi connectivity index (χ0n) is 35.3. The smallest absolute Gasteiger partial charge is 0.412 e. The topological polar surface area (TPSA) is 188 Å². The lowest BCUT2D eigenvalue weighted by molar-refractivity contribution is -0.384. The summed E-state index contributed by atoms with van der Waals surface area (Å²) in [5.41, 5.74) is 5.12. The number of hydrogen-bond donors (Lipinski definition) is 3. The average Bonchev–Trinajstić information content (AvgIpc) is 3.30. The molecule has 0 bridgehead atoms. The fraction of sp³-hybridized carbons (Fsp3) is 0.417. The molecule has 1 fully saturated rings. The van der Waals surface area contributed by atoms with Crippen molar-refractivity contribution in [2.75, 3.05) is 25.6 Å². The molecule has 6 atom stereocenters. The number of aliphatic hydroxyl groups is 2. The molecule has 0 saturated heterocycles. The first-order valence-corrected chi connectivity index (χ1v) is 22.7. The van der Waals surface area contributed by atoms with E-state index in [2.05, 4.69) is 27.9 Å². The average molecular weight is 878 g/mol. The number of nitro benzene ring substituents is 1. The first-order valence-electron chi connectivity index (χ1n) is 21.6. The van der Waals surface area contributed by atoms with Crippen molar-refractivity contribution in [3.8, 4) is 11.5 Å². The van der Waals surface area contributed by atoms with Crippen molar-refractivity contribution in [3.05, 3.63) is 148 Å². The Labute approximate surface area is 372 Å². The summed E-state index contributed by atoms with van der Waals surface area (Å²) in [7, 11) is 0. The van der Waals surface area contributed by atoms with Crippen molar-refractivity contribution in [2.45, 2.75) is 81.5 Å². The van der Waals surface area contributed by atoms with Gasteiger partial charge in [0.2, 0.25) is 5.79 Å². The number of rotatable bonds is 22. The normalized spacial score (nSPS) is 22.8. The van der Waals surface area contributed by atoms with Crippen LogP contribution in [0.15, 0.2) is 121 Å². The number of carbonyl (C=O) groups is 1. The Morgan fingerprint density at radius 2 is 1.83 bits per heavy atom. The Morgan fingerprint density at radius 1 is 1.03 bits per heavy atom. The predicted octanol–water partition coefficient (Wildman–Crippen LogP) is 8.48. The number of benzene rings is 3. The molecule has 1 saturated carbocycles. The summed E-state index contributed by atoms with van der Waals surface area (Å²) in [5, 5.41) is 38.6. The van der Waals surface area contributed by atoms with Gasteiger partial charge in [0.05, 0.1) is 34.1 Å². The summed E-state index contributed by atoms with van der Waals surface area (Å²) in [6.45, 7) is 4.80. The predicted molar refractivity (Wildman–Crippen MR) is 240 cm³/mol. The van der Waals surface area contributed by atoms with Crippen LogP contribution in [0.25, 0.3) is 0 Å². The number of ether oxygens (including phenoxy) is 3. The van der Waals surface area contributed by atoms with Crippen molar-refractivity contribution in [1.29, 1.82) is 0 Å². The molecule has 332 valence electrons. The Kier molecular flexibility index (Phi) is 16.0. The number of oxime groups is 1. The second kappa shape index (κ2) is 22.1. The molecule has 6 unspecified atom stereocenters. The molecule has 0 spiro atoms. The summed E-state index contributed by atoms with van der Waals surface area (Å²) < 4.78 is 20.2. The van der Waals surface area contributed by atoms with Crippen LogP contribution >= 0.6 is 11.8 Å². The Morgan fingerprint density at radius 3 is 2.56 bits per heavy atom. The number of carbonyl (C=O) groups excluding carboxylic acids is 1. The van der Waals surface area contributed by atoms with E-state index in [1.54, 1.807) is 54.6 Å². The van der Waals surface area contributed by atoms with Gasteiger partial charge in [-0.05, 0) is 90.3 Å². The molecule has 4 aromatic rings. The highest BCUT2D eigenvalue weighted by Gasteiger charge is 2.64. The fourth-order valence-corrected chi connectivity index (χ4v) is 10.5. The second-order valence-corrected chi connectivity index (χ2v) is 17.3. The molecular weight excluding hydrogens is 823 g/mol. The van der Waals surface area contributed by atoms with Crippen molar-refractivity contribution in [2.24, 2.45) is 22.9 Å². The minimum absolute atomic E-state index is 0.00676. The first-order chi connectivity index (χ1) is 30.8. The molecule has 14 nitrogen and oxygen atoms in total. The third kappa shape index (κ3) is 11.1. The zero-order chi connectivity index (χ0) is 44.0. The van der Waals surface area contributed by atoms with E-state index in [1.807, 2.05) is 42.5 Å². The standard InChI is InChI=1S/C48H55N5O9S/c1-2-25-59-48-44(63-26-20-36-31-49-21-22-50-36)29-42(52-60-32-34-14-16-37(17-15-34)53(57)58)40-27-35(12-6-8-23-54)39(13-7-9-24-55)45(46(40)48)41-28-38(18-19-43(41)62-48)61-47(56)51-30-33-10-4-3-5-11-33/h2-5,10-11,14-19,21-22,27-28,31,35,39,44-46,54-55H,1,6-9,12-13,20,23-26,29-30,32H2,(H,51,56). The van der Waals surface area contributed by atoms with Gasteiger partial charge in [-0.15, -0.1) is 6.58 Å². The van der Waals surface area contributed by atoms with Gasteiger partial charge in [0, 0.05) is 74.8 Å². The maximum Gasteiger partial charge on any atom is 0.412 e. The lowest BCUT2D eigenvalue weighted by atomic mass is 9.56. The molecule has 2 heterocycles. The number of nitro groups is 1. The van der Waals surface area contributed by atoms with Crippen LogP contribution in [-0.4, -0.2) is 73.5 Å². The van der Waals surface area contributed by atoms with Crippen molar-refractivity contribution < 1.29 is 39.0 Å². The molecule has 7 rings (SSSR count). The van der Waals surface area contributed by atoms with E-state index >= 15 is 0 Å². The Hall–Kier alpha value is -5.61. The maximum absolute atomic E-state index is 13.2. The number of aromatic nitrogens is 2. The number of amides is 1. The quantitative estimate of drug-likeness (QED) is 0.0296. The highest BCUT2D eigenvalue weighted by molar-refractivity contribution is 8.00. The monoisotopic (exact) mass is 877 g/mol. The number of hydrogen-bond acceptors (Lipinski definition) is 13. The number of allylic oxidation sites excluding steroid dienone is 1. The molecule has 3 aliphatic rings. The summed E-state index contributed by atoms with van der Waals surface area (Å²) in [6.07, 6.45) is 14.2. The van der Waals surface area contributed by atoms with Crippen LogP contribution in [0.4, 0.5) is 10.5 Å². The molecule has 3 aromatic carbocycles. The van der Waals surface area contributed by atoms with E-state index in [1.165, 1.54) is 12.1 Å². The highest BCUT2D eigenvalue weighted by Crippen LogP contribution is 2.62. The van der Waals surface area contributed by atoms with Gasteiger partial charge in [0.1, 0.15) is 18.1 Å². The van der Waals surface area contributed by atoms with Gasteiger partial charge in [-0.25, -0.2) is 4.79 Å². The first kappa shape index (κ1) is 45.4. The summed E-state index contributed by atoms with van der Waals surface area (Å²) in [6, 6.07) is 21.4. The Balaban J connectivity index is 1.31. The molecule has 1 amide bonds. The van der Waals surface area contributed by atoms with Gasteiger partial charge < -0.3 is 34.6 Å². The Bertz CT molecular complexity index is 2210. The minimum atomic E-state index is -1.19. The van der Waals surface area contributed by atoms with Gasteiger partial charge in [-0.3, -0.25) is 20.1 Å². The lowest BCUT2D eigenvalue weighted by Gasteiger charge is -2.58. The molecule has 1 aliphatic heterocycles. The van der Waals surface area contributed by atoms with Crippen LogP contribution in [0.5, 0.6) is 11.5 Å². The van der Waals surface area contributed by atoms with Crippen LogP contribution in [0, 0.1) is 27.9 Å². The molecule has 2 aliphatic carbocycles. The van der Waals surface area contributed by atoms with Crippen molar-refractivity contribution >= 4 is 29.3 Å².